The molecule has 1 aliphatic rings. The first-order chi connectivity index (χ1) is 7.87. The zero-order chi connectivity index (χ0) is 13.1. The second-order valence-electron chi connectivity index (χ2n) is 6.63. The molecular weight excluding hydrogens is 212 g/mol. The summed E-state index contributed by atoms with van der Waals surface area (Å²) < 4.78 is 0. The monoisotopic (exact) mass is 242 g/mol. The third-order valence-electron chi connectivity index (χ3n) is 4.24. The Bertz CT molecular complexity index is 228. The van der Waals surface area contributed by atoms with Crippen molar-refractivity contribution in [2.45, 2.75) is 59.0 Å². The van der Waals surface area contributed by atoms with Crippen molar-refractivity contribution in [3.63, 3.8) is 0 Å². The Morgan fingerprint density at radius 2 is 1.88 bits per heavy atom. The van der Waals surface area contributed by atoms with E-state index in [9.17, 15) is 5.11 Å². The normalized spacial score (nSPS) is 25.6. The molecule has 0 aromatic rings. The first kappa shape index (κ1) is 14.9. The van der Waals surface area contributed by atoms with Gasteiger partial charge < -0.3 is 10.8 Å². The Morgan fingerprint density at radius 3 is 2.41 bits per heavy atom. The highest BCUT2D eigenvalue weighted by molar-refractivity contribution is 4.87. The smallest absolute Gasteiger partial charge is 0.0602 e. The summed E-state index contributed by atoms with van der Waals surface area (Å²) in [5, 5.41) is 9.60. The summed E-state index contributed by atoms with van der Waals surface area (Å²) in [5.41, 5.74) is 6.66. The molecular formula is C14H30N2O. The summed E-state index contributed by atoms with van der Waals surface area (Å²) in [6.07, 6.45) is 3.70. The lowest BCUT2D eigenvalue weighted by atomic mass is 9.85. The lowest BCUT2D eigenvalue weighted by Gasteiger charge is -2.35. The molecule has 3 nitrogen and oxygen atoms in total. The molecule has 1 saturated heterocycles. The van der Waals surface area contributed by atoms with E-state index in [4.69, 9.17) is 5.73 Å². The lowest BCUT2D eigenvalue weighted by Crippen LogP contribution is -2.52. The maximum Gasteiger partial charge on any atom is 0.0602 e. The van der Waals surface area contributed by atoms with Crippen LogP contribution < -0.4 is 5.73 Å². The van der Waals surface area contributed by atoms with Gasteiger partial charge in [0.15, 0.2) is 0 Å². The van der Waals surface area contributed by atoms with Crippen LogP contribution in [0.5, 0.6) is 0 Å². The molecule has 1 heterocycles. The summed E-state index contributed by atoms with van der Waals surface area (Å²) >= 11 is 0. The first-order valence-corrected chi connectivity index (χ1v) is 6.98. The number of nitrogens with two attached hydrogens (primary N) is 1. The molecule has 3 N–H and O–H groups in total. The summed E-state index contributed by atoms with van der Waals surface area (Å²) in [7, 11) is 0. The molecule has 0 aliphatic carbocycles. The molecule has 0 amide bonds. The van der Waals surface area contributed by atoms with Gasteiger partial charge in [-0.15, -0.1) is 0 Å². The van der Waals surface area contributed by atoms with Crippen molar-refractivity contribution in [2.75, 3.05) is 19.7 Å². The number of aliphatic hydroxyl groups excluding tert-OH is 1. The van der Waals surface area contributed by atoms with Crippen molar-refractivity contribution in [3.8, 4) is 0 Å². The molecule has 2 atom stereocenters. The number of hydrogen-bond donors (Lipinski definition) is 2. The zero-order valence-corrected chi connectivity index (χ0v) is 11.9. The van der Waals surface area contributed by atoms with Crippen LogP contribution in [0.15, 0.2) is 0 Å². The summed E-state index contributed by atoms with van der Waals surface area (Å²) in [6, 6.07) is 0.199. The minimum atomic E-state index is 0.0706. The van der Waals surface area contributed by atoms with Gasteiger partial charge in [0, 0.05) is 12.1 Å². The standard InChI is InChI=1S/C14H30N2O/c1-11(2)13(15)12(10-17)16-8-5-6-14(3,4)7-9-16/h11-13,17H,5-10,15H2,1-4H3. The van der Waals surface area contributed by atoms with Gasteiger partial charge in [-0.1, -0.05) is 27.7 Å². The minimum Gasteiger partial charge on any atom is -0.395 e. The predicted molar refractivity (Wildman–Crippen MR) is 72.9 cm³/mol. The highest BCUT2D eigenvalue weighted by atomic mass is 16.3. The van der Waals surface area contributed by atoms with Crippen molar-refractivity contribution >= 4 is 0 Å². The third kappa shape index (κ3) is 4.23. The van der Waals surface area contributed by atoms with Crippen molar-refractivity contribution in [1.82, 2.24) is 4.90 Å². The molecule has 0 aromatic carbocycles. The third-order valence-corrected chi connectivity index (χ3v) is 4.24. The molecule has 1 aliphatic heterocycles. The molecule has 0 aromatic heterocycles. The van der Waals surface area contributed by atoms with Crippen LogP contribution in [-0.2, 0) is 0 Å². The quantitative estimate of drug-likeness (QED) is 0.791. The van der Waals surface area contributed by atoms with E-state index in [-0.39, 0.29) is 18.7 Å². The Labute approximate surface area is 106 Å². The first-order valence-electron chi connectivity index (χ1n) is 6.98. The fraction of sp³-hybridized carbons (Fsp3) is 1.00. The van der Waals surface area contributed by atoms with Crippen molar-refractivity contribution < 1.29 is 5.11 Å². The van der Waals surface area contributed by atoms with Crippen LogP contribution in [0.2, 0.25) is 0 Å². The molecule has 3 heteroatoms. The van der Waals surface area contributed by atoms with E-state index in [0.29, 0.717) is 11.3 Å². The van der Waals surface area contributed by atoms with E-state index in [1.54, 1.807) is 0 Å². The summed E-state index contributed by atoms with van der Waals surface area (Å²) in [4.78, 5) is 2.40. The SMILES string of the molecule is CC(C)C(N)C(CO)N1CCCC(C)(C)CC1. The maximum absolute atomic E-state index is 9.60. The average molecular weight is 242 g/mol. The predicted octanol–water partition coefficient (Wildman–Crippen LogP) is 1.84. The Morgan fingerprint density at radius 1 is 1.24 bits per heavy atom. The van der Waals surface area contributed by atoms with Gasteiger partial charge in [0.1, 0.15) is 0 Å². The van der Waals surface area contributed by atoms with Crippen LogP contribution in [-0.4, -0.2) is 41.8 Å². The van der Waals surface area contributed by atoms with Gasteiger partial charge in [0.05, 0.1) is 6.61 Å². The molecule has 0 bridgehead atoms. The van der Waals surface area contributed by atoms with Crippen LogP contribution in [0.1, 0.15) is 47.0 Å². The van der Waals surface area contributed by atoms with Crippen molar-refractivity contribution in [2.24, 2.45) is 17.1 Å². The van der Waals surface area contributed by atoms with E-state index in [1.807, 2.05) is 0 Å². The molecule has 102 valence electrons. The van der Waals surface area contributed by atoms with Gasteiger partial charge in [-0.25, -0.2) is 0 Å². The topological polar surface area (TPSA) is 49.5 Å². The minimum absolute atomic E-state index is 0.0706. The maximum atomic E-state index is 9.60. The van der Waals surface area contributed by atoms with Gasteiger partial charge in [0.25, 0.3) is 0 Å². The molecule has 0 spiro atoms. The Hall–Kier alpha value is -0.120. The number of likely N-dealkylation sites (tertiary alicyclic amines) is 1. The van der Waals surface area contributed by atoms with Crippen molar-refractivity contribution in [3.05, 3.63) is 0 Å². The second-order valence-corrected chi connectivity index (χ2v) is 6.63. The van der Waals surface area contributed by atoms with E-state index < -0.39 is 0 Å². The van der Waals surface area contributed by atoms with E-state index >= 15 is 0 Å². The van der Waals surface area contributed by atoms with Gasteiger partial charge in [-0.3, -0.25) is 4.90 Å². The zero-order valence-electron chi connectivity index (χ0n) is 11.9. The molecule has 1 fully saturated rings. The molecule has 2 unspecified atom stereocenters. The van der Waals surface area contributed by atoms with Crippen LogP contribution in [0, 0.1) is 11.3 Å². The number of hydrogen-bond acceptors (Lipinski definition) is 3. The van der Waals surface area contributed by atoms with Gasteiger partial charge in [-0.2, -0.15) is 0 Å². The number of rotatable bonds is 4. The highest BCUT2D eigenvalue weighted by Gasteiger charge is 2.30. The number of aliphatic hydroxyl groups is 1. The van der Waals surface area contributed by atoms with Gasteiger partial charge in [-0.05, 0) is 43.7 Å². The second kappa shape index (κ2) is 6.17. The highest BCUT2D eigenvalue weighted by Crippen LogP contribution is 2.30. The Balaban J connectivity index is 2.63. The number of nitrogens with zero attached hydrogens (tertiary/aromatic N) is 1. The average Bonchev–Trinajstić information content (AvgIpc) is 2.41. The Kier molecular flexibility index (Phi) is 5.42. The van der Waals surface area contributed by atoms with E-state index in [0.717, 1.165) is 13.1 Å². The summed E-state index contributed by atoms with van der Waals surface area (Å²) in [6.45, 7) is 11.3. The molecule has 1 rings (SSSR count). The van der Waals surface area contributed by atoms with Crippen LogP contribution in [0.25, 0.3) is 0 Å². The van der Waals surface area contributed by atoms with Crippen LogP contribution >= 0.6 is 0 Å². The molecule has 0 saturated carbocycles. The lowest BCUT2D eigenvalue weighted by molar-refractivity contribution is 0.0917. The van der Waals surface area contributed by atoms with Crippen molar-refractivity contribution in [1.29, 1.82) is 0 Å². The van der Waals surface area contributed by atoms with E-state index in [2.05, 4.69) is 32.6 Å². The van der Waals surface area contributed by atoms with Gasteiger partial charge in [0.2, 0.25) is 0 Å². The fourth-order valence-electron chi connectivity index (χ4n) is 2.70. The molecule has 0 radical (unpaired) electrons. The van der Waals surface area contributed by atoms with E-state index in [1.165, 1.54) is 19.3 Å². The summed E-state index contributed by atoms with van der Waals surface area (Å²) in [5.74, 6) is 0.420. The molecule has 17 heavy (non-hydrogen) atoms. The van der Waals surface area contributed by atoms with Crippen LogP contribution in [0.4, 0.5) is 0 Å². The van der Waals surface area contributed by atoms with Crippen LogP contribution in [0.3, 0.4) is 0 Å². The van der Waals surface area contributed by atoms with Gasteiger partial charge >= 0.3 is 0 Å². The fourth-order valence-corrected chi connectivity index (χ4v) is 2.70. The largest absolute Gasteiger partial charge is 0.395 e.